The van der Waals surface area contributed by atoms with Gasteiger partial charge in [-0.15, -0.1) is 0 Å². The van der Waals surface area contributed by atoms with Crippen LogP contribution in [0.4, 0.5) is 0 Å². The Balaban J connectivity index is 2.59. The highest BCUT2D eigenvalue weighted by Gasteiger charge is 1.97. The smallest absolute Gasteiger partial charge is 0.302 e. The van der Waals surface area contributed by atoms with Gasteiger partial charge in [0.25, 0.3) is 0 Å². The molecule has 1 rings (SSSR count). The van der Waals surface area contributed by atoms with Gasteiger partial charge in [0.2, 0.25) is 0 Å². The summed E-state index contributed by atoms with van der Waals surface area (Å²) in [7, 11) is 0. The third-order valence-corrected chi connectivity index (χ3v) is 2.53. The maximum absolute atomic E-state index is 10.6. The lowest BCUT2D eigenvalue weighted by Gasteiger charge is -2.04. The molecule has 0 saturated carbocycles. The highest BCUT2D eigenvalue weighted by Crippen LogP contribution is 2.13. The van der Waals surface area contributed by atoms with E-state index in [1.165, 1.54) is 30.9 Å². The fourth-order valence-corrected chi connectivity index (χ4v) is 1.63. The number of esters is 1. The van der Waals surface area contributed by atoms with Gasteiger partial charge in [-0.3, -0.25) is 4.79 Å². The van der Waals surface area contributed by atoms with E-state index in [1.807, 2.05) is 18.2 Å². The zero-order chi connectivity index (χ0) is 12.5. The number of carbonyl (C=O) groups is 1. The summed E-state index contributed by atoms with van der Waals surface area (Å²) < 4.78 is 4.86. The van der Waals surface area contributed by atoms with Crippen molar-refractivity contribution in [3.8, 4) is 0 Å². The quantitative estimate of drug-likeness (QED) is 0.700. The number of carbonyl (C=O) groups excluding carboxylic acids is 1. The summed E-state index contributed by atoms with van der Waals surface area (Å²) in [6, 6.07) is 8.34. The zero-order valence-corrected chi connectivity index (χ0v) is 10.6. The van der Waals surface area contributed by atoms with Crippen LogP contribution in [0.15, 0.2) is 30.3 Å². The molecule has 0 aromatic heterocycles. The molecular formula is C15H20O2. The molecule has 1 aromatic carbocycles. The molecule has 0 amide bonds. The summed E-state index contributed by atoms with van der Waals surface area (Å²) in [6.07, 6.45) is 7.41. The van der Waals surface area contributed by atoms with Crippen LogP contribution in [0.1, 0.15) is 37.8 Å². The number of unbranched alkanes of at least 4 members (excludes halogenated alkanes) is 1. The summed E-state index contributed by atoms with van der Waals surface area (Å²) in [6.45, 7) is 3.96. The fraction of sp³-hybridized carbons (Fsp3) is 0.400. The van der Waals surface area contributed by atoms with Crippen molar-refractivity contribution < 1.29 is 9.53 Å². The van der Waals surface area contributed by atoms with Gasteiger partial charge in [-0.2, -0.15) is 0 Å². The molecule has 0 spiro atoms. The van der Waals surface area contributed by atoms with Crippen molar-refractivity contribution >= 4 is 12.0 Å². The lowest BCUT2D eigenvalue weighted by molar-refractivity contribution is -0.139. The van der Waals surface area contributed by atoms with E-state index in [-0.39, 0.29) is 5.97 Å². The van der Waals surface area contributed by atoms with Gasteiger partial charge in [-0.1, -0.05) is 43.7 Å². The Kier molecular flexibility index (Phi) is 6.08. The van der Waals surface area contributed by atoms with Crippen molar-refractivity contribution in [1.82, 2.24) is 0 Å². The van der Waals surface area contributed by atoms with Gasteiger partial charge >= 0.3 is 5.97 Å². The molecule has 0 radical (unpaired) electrons. The van der Waals surface area contributed by atoms with E-state index in [4.69, 9.17) is 4.74 Å². The molecule has 1 aromatic rings. The largest absolute Gasteiger partial charge is 0.462 e. The van der Waals surface area contributed by atoms with Crippen molar-refractivity contribution in [3.05, 3.63) is 41.5 Å². The molecule has 0 saturated heterocycles. The summed E-state index contributed by atoms with van der Waals surface area (Å²) in [5, 5.41) is 0. The first-order chi connectivity index (χ1) is 8.24. The molecule has 0 aliphatic rings. The molecule has 0 unspecified atom stereocenters. The number of rotatable bonds is 6. The minimum Gasteiger partial charge on any atom is -0.462 e. The molecule has 17 heavy (non-hydrogen) atoms. The molecule has 0 aliphatic carbocycles. The van der Waals surface area contributed by atoms with Gasteiger partial charge in [0, 0.05) is 6.92 Å². The van der Waals surface area contributed by atoms with E-state index in [2.05, 4.69) is 25.1 Å². The van der Waals surface area contributed by atoms with Crippen LogP contribution in [0.25, 0.3) is 6.08 Å². The summed E-state index contributed by atoms with van der Waals surface area (Å²) in [5.41, 5.74) is 2.57. The lowest BCUT2D eigenvalue weighted by atomic mass is 10.0. The number of benzene rings is 1. The second-order valence-electron chi connectivity index (χ2n) is 4.01. The van der Waals surface area contributed by atoms with Gasteiger partial charge in [0.1, 0.15) is 6.61 Å². The van der Waals surface area contributed by atoms with Crippen LogP contribution in [0.5, 0.6) is 0 Å². The van der Waals surface area contributed by atoms with E-state index < -0.39 is 0 Å². The Morgan fingerprint density at radius 1 is 1.35 bits per heavy atom. The van der Waals surface area contributed by atoms with Crippen molar-refractivity contribution in [2.24, 2.45) is 0 Å². The highest BCUT2D eigenvalue weighted by atomic mass is 16.5. The second-order valence-corrected chi connectivity index (χ2v) is 4.01. The van der Waals surface area contributed by atoms with E-state index in [9.17, 15) is 4.79 Å². The molecule has 2 nitrogen and oxygen atoms in total. The van der Waals surface area contributed by atoms with Gasteiger partial charge in [0.05, 0.1) is 0 Å². The Morgan fingerprint density at radius 2 is 2.12 bits per heavy atom. The molecule has 0 atom stereocenters. The predicted octanol–water partition coefficient (Wildman–Crippen LogP) is 3.61. The zero-order valence-electron chi connectivity index (χ0n) is 10.6. The Hall–Kier alpha value is -1.57. The lowest BCUT2D eigenvalue weighted by Crippen LogP contribution is -1.97. The predicted molar refractivity (Wildman–Crippen MR) is 70.7 cm³/mol. The normalized spacial score (nSPS) is 10.7. The van der Waals surface area contributed by atoms with Crippen LogP contribution in [0, 0.1) is 0 Å². The highest BCUT2D eigenvalue weighted by molar-refractivity contribution is 5.66. The second kappa shape index (κ2) is 7.66. The van der Waals surface area contributed by atoms with Crippen LogP contribution in [0.2, 0.25) is 0 Å². The maximum atomic E-state index is 10.6. The van der Waals surface area contributed by atoms with Crippen molar-refractivity contribution in [1.29, 1.82) is 0 Å². The first-order valence-corrected chi connectivity index (χ1v) is 6.12. The molecule has 0 N–H and O–H groups in total. The van der Waals surface area contributed by atoms with Crippen LogP contribution in [0.3, 0.4) is 0 Å². The minimum absolute atomic E-state index is 0.242. The van der Waals surface area contributed by atoms with Crippen molar-refractivity contribution in [3.63, 3.8) is 0 Å². The first-order valence-electron chi connectivity index (χ1n) is 6.12. The van der Waals surface area contributed by atoms with E-state index in [0.29, 0.717) is 6.61 Å². The average molecular weight is 232 g/mol. The molecule has 0 bridgehead atoms. The Morgan fingerprint density at radius 3 is 2.82 bits per heavy atom. The number of aryl methyl sites for hydroxylation is 1. The molecule has 0 aliphatic heterocycles. The van der Waals surface area contributed by atoms with Crippen LogP contribution >= 0.6 is 0 Å². The Labute approximate surface area is 103 Å². The van der Waals surface area contributed by atoms with E-state index in [1.54, 1.807) is 0 Å². The summed E-state index contributed by atoms with van der Waals surface area (Å²) in [4.78, 5) is 10.6. The summed E-state index contributed by atoms with van der Waals surface area (Å²) >= 11 is 0. The van der Waals surface area contributed by atoms with Crippen molar-refractivity contribution in [2.75, 3.05) is 6.61 Å². The van der Waals surface area contributed by atoms with E-state index >= 15 is 0 Å². The Bertz CT molecular complexity index is 380. The van der Waals surface area contributed by atoms with Crippen LogP contribution in [-0.4, -0.2) is 12.6 Å². The molecule has 92 valence electrons. The van der Waals surface area contributed by atoms with Crippen molar-refractivity contribution in [2.45, 2.75) is 33.1 Å². The van der Waals surface area contributed by atoms with E-state index in [0.717, 1.165) is 6.42 Å². The standard InChI is InChI=1S/C15H20O2/c1-3-4-8-14-9-5-6-10-15(14)11-7-12-17-13(2)16/h5-7,9-11H,3-4,8,12H2,1-2H3. The first kappa shape index (κ1) is 13.5. The minimum atomic E-state index is -0.242. The van der Waals surface area contributed by atoms with Crippen LogP contribution in [-0.2, 0) is 16.0 Å². The molecule has 2 heteroatoms. The molecule has 0 fully saturated rings. The third-order valence-electron chi connectivity index (χ3n) is 2.53. The SMILES string of the molecule is CCCCc1ccccc1C=CCOC(C)=O. The number of hydrogen-bond acceptors (Lipinski definition) is 2. The number of hydrogen-bond donors (Lipinski definition) is 0. The maximum Gasteiger partial charge on any atom is 0.302 e. The number of ether oxygens (including phenoxy) is 1. The third kappa shape index (κ3) is 5.34. The van der Waals surface area contributed by atoms with Crippen LogP contribution < -0.4 is 0 Å². The molecular weight excluding hydrogens is 212 g/mol. The fourth-order valence-electron chi connectivity index (χ4n) is 1.63. The van der Waals surface area contributed by atoms with Gasteiger partial charge in [-0.05, 0) is 30.0 Å². The average Bonchev–Trinajstić information content (AvgIpc) is 2.33. The topological polar surface area (TPSA) is 26.3 Å². The summed E-state index contributed by atoms with van der Waals surface area (Å²) in [5.74, 6) is -0.242. The monoisotopic (exact) mass is 232 g/mol. The van der Waals surface area contributed by atoms with Gasteiger partial charge < -0.3 is 4.74 Å². The molecule has 0 heterocycles. The van der Waals surface area contributed by atoms with Gasteiger partial charge in [0.15, 0.2) is 0 Å². The van der Waals surface area contributed by atoms with Gasteiger partial charge in [-0.25, -0.2) is 0 Å².